The number of hydrogen-bond acceptors (Lipinski definition) is 2. The molecule has 0 bridgehead atoms. The molecular weight excluding hydrogens is 152 g/mol. The number of allylic oxidation sites excluding steroid dienone is 1. The summed E-state index contributed by atoms with van der Waals surface area (Å²) in [7, 11) is 0. The van der Waals surface area contributed by atoms with Crippen LogP contribution >= 0.6 is 0 Å². The minimum Gasteiger partial charge on any atom is -0.379 e. The van der Waals surface area contributed by atoms with Gasteiger partial charge in [-0.3, -0.25) is 0 Å². The monoisotopic (exact) mass is 172 g/mol. The molecule has 0 unspecified atom stereocenters. The predicted molar refractivity (Wildman–Crippen MR) is 51.4 cm³/mol. The molecule has 0 saturated carbocycles. The standard InChI is InChI=1S/C10H20O2/c1-3-5-6-7-8-12-10-9-11-4-2/h5-6H,3-4,7-10H2,1-2H3/b6-5+. The first-order chi connectivity index (χ1) is 5.91. The van der Waals surface area contributed by atoms with Gasteiger partial charge in [0.05, 0.1) is 19.8 Å². The third-order valence-corrected chi connectivity index (χ3v) is 1.41. The first-order valence-corrected chi connectivity index (χ1v) is 4.72. The summed E-state index contributed by atoms with van der Waals surface area (Å²) in [6.07, 6.45) is 6.44. The normalized spacial score (nSPS) is 11.2. The second kappa shape index (κ2) is 10.7. The lowest BCUT2D eigenvalue weighted by molar-refractivity contribution is 0.0547. The maximum atomic E-state index is 5.31. The molecule has 0 radical (unpaired) electrons. The smallest absolute Gasteiger partial charge is 0.0700 e. The summed E-state index contributed by atoms with van der Waals surface area (Å²) in [6, 6.07) is 0. The zero-order chi connectivity index (χ0) is 9.07. The average Bonchev–Trinajstić information content (AvgIpc) is 2.10. The molecule has 0 aliphatic carbocycles. The Labute approximate surface area is 75.6 Å². The van der Waals surface area contributed by atoms with Gasteiger partial charge < -0.3 is 9.47 Å². The molecule has 0 rings (SSSR count). The second-order valence-electron chi connectivity index (χ2n) is 2.48. The molecule has 0 fully saturated rings. The van der Waals surface area contributed by atoms with E-state index in [0.717, 1.165) is 26.1 Å². The van der Waals surface area contributed by atoms with E-state index in [1.807, 2.05) is 6.92 Å². The summed E-state index contributed by atoms with van der Waals surface area (Å²) in [6.45, 7) is 7.14. The molecule has 0 spiro atoms. The van der Waals surface area contributed by atoms with Crippen LogP contribution in [0.3, 0.4) is 0 Å². The Morgan fingerprint density at radius 1 is 0.917 bits per heavy atom. The molecule has 0 aromatic rings. The van der Waals surface area contributed by atoms with Crippen molar-refractivity contribution >= 4 is 0 Å². The van der Waals surface area contributed by atoms with Crippen molar-refractivity contribution in [2.24, 2.45) is 0 Å². The highest BCUT2D eigenvalue weighted by molar-refractivity contribution is 4.79. The van der Waals surface area contributed by atoms with Crippen molar-refractivity contribution in [2.75, 3.05) is 26.4 Å². The molecule has 0 atom stereocenters. The van der Waals surface area contributed by atoms with Crippen molar-refractivity contribution in [1.82, 2.24) is 0 Å². The van der Waals surface area contributed by atoms with Gasteiger partial charge in [0.25, 0.3) is 0 Å². The van der Waals surface area contributed by atoms with Crippen molar-refractivity contribution in [2.45, 2.75) is 26.7 Å². The highest BCUT2D eigenvalue weighted by atomic mass is 16.5. The van der Waals surface area contributed by atoms with E-state index in [0.29, 0.717) is 13.2 Å². The third-order valence-electron chi connectivity index (χ3n) is 1.41. The molecule has 0 aliphatic rings. The molecule has 0 N–H and O–H groups in total. The molecule has 12 heavy (non-hydrogen) atoms. The van der Waals surface area contributed by atoms with Gasteiger partial charge in [0.15, 0.2) is 0 Å². The topological polar surface area (TPSA) is 18.5 Å². The van der Waals surface area contributed by atoms with Crippen LogP contribution in [0.5, 0.6) is 0 Å². The maximum Gasteiger partial charge on any atom is 0.0700 e. The van der Waals surface area contributed by atoms with Gasteiger partial charge in [-0.05, 0) is 19.8 Å². The van der Waals surface area contributed by atoms with E-state index in [9.17, 15) is 0 Å². The Kier molecular flexibility index (Phi) is 10.4. The Morgan fingerprint density at radius 3 is 2.33 bits per heavy atom. The Balaban J connectivity index is 2.86. The van der Waals surface area contributed by atoms with E-state index in [1.54, 1.807) is 0 Å². The lowest BCUT2D eigenvalue weighted by atomic mass is 10.3. The maximum absolute atomic E-state index is 5.31. The average molecular weight is 172 g/mol. The molecule has 0 saturated heterocycles. The Bertz CT molecular complexity index is 100. The number of rotatable bonds is 8. The van der Waals surface area contributed by atoms with Gasteiger partial charge in [0, 0.05) is 6.61 Å². The summed E-state index contributed by atoms with van der Waals surface area (Å²) in [5.41, 5.74) is 0. The van der Waals surface area contributed by atoms with Gasteiger partial charge in [0.1, 0.15) is 0 Å². The van der Waals surface area contributed by atoms with Crippen molar-refractivity contribution in [3.8, 4) is 0 Å². The predicted octanol–water partition coefficient (Wildman–Crippen LogP) is 2.40. The van der Waals surface area contributed by atoms with E-state index >= 15 is 0 Å². The fourth-order valence-corrected chi connectivity index (χ4v) is 0.800. The molecule has 2 heteroatoms. The lowest BCUT2D eigenvalue weighted by Crippen LogP contribution is -2.04. The molecule has 72 valence electrons. The molecule has 2 nitrogen and oxygen atoms in total. The lowest BCUT2D eigenvalue weighted by Gasteiger charge is -2.01. The Morgan fingerprint density at radius 2 is 1.67 bits per heavy atom. The molecular formula is C10H20O2. The van der Waals surface area contributed by atoms with Crippen LogP contribution in [0.1, 0.15) is 26.7 Å². The minimum atomic E-state index is 0.716. The van der Waals surface area contributed by atoms with Gasteiger partial charge in [-0.2, -0.15) is 0 Å². The van der Waals surface area contributed by atoms with E-state index in [-0.39, 0.29) is 0 Å². The number of hydrogen-bond donors (Lipinski definition) is 0. The summed E-state index contributed by atoms with van der Waals surface area (Å²) < 4.78 is 10.4. The molecule has 0 aliphatic heterocycles. The highest BCUT2D eigenvalue weighted by Gasteiger charge is 1.85. The summed E-state index contributed by atoms with van der Waals surface area (Å²) in [5.74, 6) is 0. The zero-order valence-corrected chi connectivity index (χ0v) is 8.21. The van der Waals surface area contributed by atoms with Crippen molar-refractivity contribution in [3.63, 3.8) is 0 Å². The van der Waals surface area contributed by atoms with Crippen molar-refractivity contribution < 1.29 is 9.47 Å². The SMILES string of the molecule is CC/C=C/CCOCCOCC. The largest absolute Gasteiger partial charge is 0.379 e. The fourth-order valence-electron chi connectivity index (χ4n) is 0.800. The van der Waals surface area contributed by atoms with Crippen LogP contribution in [0, 0.1) is 0 Å². The van der Waals surface area contributed by atoms with Crippen LogP contribution in [0.15, 0.2) is 12.2 Å². The van der Waals surface area contributed by atoms with E-state index in [4.69, 9.17) is 9.47 Å². The van der Waals surface area contributed by atoms with Gasteiger partial charge in [-0.15, -0.1) is 0 Å². The van der Waals surface area contributed by atoms with Crippen LogP contribution in [0.4, 0.5) is 0 Å². The highest BCUT2D eigenvalue weighted by Crippen LogP contribution is 1.87. The van der Waals surface area contributed by atoms with Gasteiger partial charge in [-0.25, -0.2) is 0 Å². The van der Waals surface area contributed by atoms with E-state index in [2.05, 4.69) is 19.1 Å². The Hall–Kier alpha value is -0.340. The van der Waals surface area contributed by atoms with Crippen LogP contribution in [0.25, 0.3) is 0 Å². The summed E-state index contributed by atoms with van der Waals surface area (Å²) in [4.78, 5) is 0. The summed E-state index contributed by atoms with van der Waals surface area (Å²) >= 11 is 0. The molecule has 0 amide bonds. The third kappa shape index (κ3) is 9.66. The van der Waals surface area contributed by atoms with E-state index in [1.165, 1.54) is 0 Å². The molecule has 0 aromatic heterocycles. The van der Waals surface area contributed by atoms with Crippen LogP contribution in [-0.2, 0) is 9.47 Å². The van der Waals surface area contributed by atoms with Gasteiger partial charge in [-0.1, -0.05) is 19.1 Å². The van der Waals surface area contributed by atoms with Crippen LogP contribution < -0.4 is 0 Å². The summed E-state index contributed by atoms with van der Waals surface area (Å²) in [5, 5.41) is 0. The number of ether oxygens (including phenoxy) is 2. The van der Waals surface area contributed by atoms with Gasteiger partial charge >= 0.3 is 0 Å². The van der Waals surface area contributed by atoms with Gasteiger partial charge in [0.2, 0.25) is 0 Å². The van der Waals surface area contributed by atoms with Crippen LogP contribution in [0.2, 0.25) is 0 Å². The first-order valence-electron chi connectivity index (χ1n) is 4.72. The van der Waals surface area contributed by atoms with E-state index < -0.39 is 0 Å². The zero-order valence-electron chi connectivity index (χ0n) is 8.21. The molecule has 0 aromatic carbocycles. The second-order valence-corrected chi connectivity index (χ2v) is 2.48. The fraction of sp³-hybridized carbons (Fsp3) is 0.800. The van der Waals surface area contributed by atoms with Crippen molar-refractivity contribution in [1.29, 1.82) is 0 Å². The first kappa shape index (κ1) is 11.7. The van der Waals surface area contributed by atoms with Crippen LogP contribution in [-0.4, -0.2) is 26.4 Å². The minimum absolute atomic E-state index is 0.716. The quantitative estimate of drug-likeness (QED) is 0.413. The molecule has 0 heterocycles. The van der Waals surface area contributed by atoms with Crippen molar-refractivity contribution in [3.05, 3.63) is 12.2 Å².